The number of hydrogen-bond donors (Lipinski definition) is 3. The second-order valence-corrected chi connectivity index (χ2v) is 5.39. The monoisotopic (exact) mass is 214 g/mol. The van der Waals surface area contributed by atoms with E-state index < -0.39 is 12.2 Å². The zero-order chi connectivity index (χ0) is 11.2. The summed E-state index contributed by atoms with van der Waals surface area (Å²) in [6.45, 7) is 4.31. The van der Waals surface area contributed by atoms with Crippen molar-refractivity contribution in [2.24, 2.45) is 23.2 Å². The van der Waals surface area contributed by atoms with Crippen molar-refractivity contribution in [3.63, 3.8) is 0 Å². The van der Waals surface area contributed by atoms with Gasteiger partial charge in [-0.2, -0.15) is 0 Å². The molecule has 2 saturated carbocycles. The molecule has 0 aliphatic heterocycles. The molecule has 1 unspecified atom stereocenters. The quantitative estimate of drug-likeness (QED) is 0.648. The van der Waals surface area contributed by atoms with Crippen LogP contribution in [0.5, 0.6) is 0 Å². The van der Waals surface area contributed by atoms with Gasteiger partial charge < -0.3 is 15.3 Å². The Kier molecular flexibility index (Phi) is 2.82. The van der Waals surface area contributed by atoms with Crippen LogP contribution in [-0.4, -0.2) is 34.1 Å². The average Bonchev–Trinajstić information content (AvgIpc) is 2.90. The maximum absolute atomic E-state index is 10.1. The summed E-state index contributed by atoms with van der Waals surface area (Å²) >= 11 is 0. The molecule has 2 rings (SSSR count). The summed E-state index contributed by atoms with van der Waals surface area (Å²) in [5, 5.41) is 29.1. The molecular weight excluding hydrogens is 192 g/mol. The van der Waals surface area contributed by atoms with Crippen molar-refractivity contribution in [1.82, 2.24) is 0 Å². The van der Waals surface area contributed by atoms with Crippen LogP contribution >= 0.6 is 0 Å². The summed E-state index contributed by atoms with van der Waals surface area (Å²) in [6.07, 6.45) is 1.85. The van der Waals surface area contributed by atoms with E-state index in [2.05, 4.69) is 13.8 Å². The molecule has 3 heteroatoms. The van der Waals surface area contributed by atoms with Crippen molar-refractivity contribution in [3.05, 3.63) is 0 Å². The third kappa shape index (κ3) is 1.37. The van der Waals surface area contributed by atoms with E-state index in [9.17, 15) is 15.3 Å². The molecule has 3 N–H and O–H groups in total. The number of hydrogen-bond acceptors (Lipinski definition) is 3. The van der Waals surface area contributed by atoms with Gasteiger partial charge in [0, 0.05) is 17.9 Å². The van der Waals surface area contributed by atoms with Gasteiger partial charge in [-0.3, -0.25) is 0 Å². The minimum Gasteiger partial charge on any atom is -0.396 e. The van der Waals surface area contributed by atoms with Crippen molar-refractivity contribution >= 4 is 0 Å². The van der Waals surface area contributed by atoms with Crippen LogP contribution in [0.3, 0.4) is 0 Å². The Morgan fingerprint density at radius 1 is 1.40 bits per heavy atom. The van der Waals surface area contributed by atoms with Gasteiger partial charge in [-0.1, -0.05) is 26.7 Å². The van der Waals surface area contributed by atoms with Gasteiger partial charge in [-0.25, -0.2) is 0 Å². The molecule has 0 aromatic rings. The third-order valence-electron chi connectivity index (χ3n) is 4.78. The molecule has 0 bridgehead atoms. The van der Waals surface area contributed by atoms with Gasteiger partial charge in [0.2, 0.25) is 0 Å². The van der Waals surface area contributed by atoms with Gasteiger partial charge in [-0.05, 0) is 18.3 Å². The van der Waals surface area contributed by atoms with Gasteiger partial charge in [-0.15, -0.1) is 0 Å². The molecule has 3 nitrogen and oxygen atoms in total. The van der Waals surface area contributed by atoms with Crippen molar-refractivity contribution in [2.75, 3.05) is 6.61 Å². The van der Waals surface area contributed by atoms with Crippen LogP contribution in [0.25, 0.3) is 0 Å². The Morgan fingerprint density at radius 2 is 2.07 bits per heavy atom. The Bertz CT molecular complexity index is 243. The molecule has 0 aromatic carbocycles. The van der Waals surface area contributed by atoms with Crippen LogP contribution in [0.15, 0.2) is 0 Å². The summed E-state index contributed by atoms with van der Waals surface area (Å²) in [5.41, 5.74) is -0.0805. The lowest BCUT2D eigenvalue weighted by Crippen LogP contribution is -2.36. The molecule has 0 spiro atoms. The molecule has 88 valence electrons. The number of rotatable bonds is 4. The Hall–Kier alpha value is -0.120. The largest absolute Gasteiger partial charge is 0.396 e. The van der Waals surface area contributed by atoms with Crippen molar-refractivity contribution in [1.29, 1.82) is 0 Å². The molecule has 0 heterocycles. The highest BCUT2D eigenvalue weighted by molar-refractivity contribution is 5.20. The predicted octanol–water partition coefficient (Wildman–Crippen LogP) is 0.773. The molecule has 2 fully saturated rings. The lowest BCUT2D eigenvalue weighted by atomic mass is 9.83. The van der Waals surface area contributed by atoms with E-state index in [0.29, 0.717) is 11.8 Å². The molecular formula is C12H22O3. The lowest BCUT2D eigenvalue weighted by molar-refractivity contribution is -0.0409. The standard InChI is InChI=1S/C12H22O3/c1-3-4-7(2)12-5-9(12)8(6-13)10(14)11(12)15/h7-11,13-15H,3-6H2,1-2H3/t7?,8-,9+,10-,11-,12-/m1/s1. The highest BCUT2D eigenvalue weighted by Gasteiger charge is 2.71. The first-order valence-electron chi connectivity index (χ1n) is 6.06. The van der Waals surface area contributed by atoms with E-state index in [4.69, 9.17) is 0 Å². The minimum atomic E-state index is -0.715. The fraction of sp³-hybridized carbons (Fsp3) is 1.00. The average molecular weight is 214 g/mol. The molecule has 6 atom stereocenters. The van der Waals surface area contributed by atoms with E-state index in [1.165, 1.54) is 0 Å². The maximum Gasteiger partial charge on any atom is 0.0864 e. The summed E-state index contributed by atoms with van der Waals surface area (Å²) in [7, 11) is 0. The maximum atomic E-state index is 10.1. The van der Waals surface area contributed by atoms with Gasteiger partial charge in [0.05, 0.1) is 12.2 Å². The SMILES string of the molecule is CCCC(C)[C@]12C[C@H]1[C@@H](CO)[C@@H](O)[C@H]2O. The Balaban J connectivity index is 2.13. The third-order valence-corrected chi connectivity index (χ3v) is 4.78. The second-order valence-electron chi connectivity index (χ2n) is 5.39. The van der Waals surface area contributed by atoms with Gasteiger partial charge in [0.25, 0.3) is 0 Å². The molecule has 0 saturated heterocycles. The second kappa shape index (κ2) is 3.72. The van der Waals surface area contributed by atoms with Crippen LogP contribution in [0.4, 0.5) is 0 Å². The Morgan fingerprint density at radius 3 is 2.53 bits per heavy atom. The lowest BCUT2D eigenvalue weighted by Gasteiger charge is -2.27. The number of fused-ring (bicyclic) bond motifs is 1. The van der Waals surface area contributed by atoms with Gasteiger partial charge in [0.1, 0.15) is 0 Å². The van der Waals surface area contributed by atoms with E-state index in [0.717, 1.165) is 19.3 Å². The number of aliphatic hydroxyl groups is 3. The van der Waals surface area contributed by atoms with E-state index in [1.54, 1.807) is 0 Å². The fourth-order valence-corrected chi connectivity index (χ4v) is 3.80. The van der Waals surface area contributed by atoms with Gasteiger partial charge >= 0.3 is 0 Å². The molecule has 2 aliphatic carbocycles. The highest BCUT2D eigenvalue weighted by atomic mass is 16.3. The summed E-state index contributed by atoms with van der Waals surface area (Å²) in [6, 6.07) is 0. The van der Waals surface area contributed by atoms with Crippen LogP contribution in [0, 0.1) is 23.2 Å². The van der Waals surface area contributed by atoms with Crippen molar-refractivity contribution < 1.29 is 15.3 Å². The fourth-order valence-electron chi connectivity index (χ4n) is 3.80. The minimum absolute atomic E-state index is 0.00346. The van der Waals surface area contributed by atoms with Crippen LogP contribution < -0.4 is 0 Å². The van der Waals surface area contributed by atoms with Crippen LogP contribution in [0.2, 0.25) is 0 Å². The van der Waals surface area contributed by atoms with Crippen LogP contribution in [0.1, 0.15) is 33.1 Å². The normalized spacial score (nSPS) is 50.2. The molecule has 0 radical (unpaired) electrons. The summed E-state index contributed by atoms with van der Waals surface area (Å²) in [4.78, 5) is 0. The summed E-state index contributed by atoms with van der Waals surface area (Å²) in [5.74, 6) is 0.696. The zero-order valence-electron chi connectivity index (χ0n) is 9.56. The molecule has 0 amide bonds. The van der Waals surface area contributed by atoms with E-state index in [-0.39, 0.29) is 17.9 Å². The molecule has 15 heavy (non-hydrogen) atoms. The van der Waals surface area contributed by atoms with Gasteiger partial charge in [0.15, 0.2) is 0 Å². The predicted molar refractivity (Wildman–Crippen MR) is 57.2 cm³/mol. The first-order valence-corrected chi connectivity index (χ1v) is 6.06. The molecule has 0 aromatic heterocycles. The smallest absolute Gasteiger partial charge is 0.0864 e. The molecule has 2 aliphatic rings. The highest BCUT2D eigenvalue weighted by Crippen LogP contribution is 2.70. The van der Waals surface area contributed by atoms with Crippen LogP contribution in [-0.2, 0) is 0 Å². The Labute approximate surface area is 91.1 Å². The summed E-state index contributed by atoms with van der Waals surface area (Å²) < 4.78 is 0. The van der Waals surface area contributed by atoms with E-state index >= 15 is 0 Å². The van der Waals surface area contributed by atoms with E-state index in [1.807, 2.05) is 0 Å². The topological polar surface area (TPSA) is 60.7 Å². The first kappa shape index (κ1) is 11.4. The zero-order valence-corrected chi connectivity index (χ0v) is 9.56. The first-order chi connectivity index (χ1) is 7.09. The number of aliphatic hydroxyl groups excluding tert-OH is 3. The van der Waals surface area contributed by atoms with Crippen molar-refractivity contribution in [3.8, 4) is 0 Å². The van der Waals surface area contributed by atoms with Crippen molar-refractivity contribution in [2.45, 2.75) is 45.3 Å².